The topological polar surface area (TPSA) is 92.0 Å². The first kappa shape index (κ1) is 31.3. The van der Waals surface area contributed by atoms with E-state index in [0.717, 1.165) is 37.7 Å². The SMILES string of the molecule is C=C1CC[C@@H]2[C@](C)(CCC(=O)[C@@]2(C)CCC(C)(C)O[Si](C)(C)C)[C@@H]1Cc1c(OC)oc(C)c(C(=O)OC)c1=O. The van der Waals surface area contributed by atoms with Gasteiger partial charge in [-0.05, 0) is 96.2 Å². The fraction of sp³-hybridized carbons (Fsp3) is 0.710. The van der Waals surface area contributed by atoms with Crippen molar-refractivity contribution in [2.24, 2.45) is 22.7 Å². The summed E-state index contributed by atoms with van der Waals surface area (Å²) in [7, 11) is 0.956. The lowest BCUT2D eigenvalue weighted by Crippen LogP contribution is -2.55. The Labute approximate surface area is 234 Å². The van der Waals surface area contributed by atoms with Gasteiger partial charge in [-0.25, -0.2) is 4.79 Å². The van der Waals surface area contributed by atoms with Crippen molar-refractivity contribution in [3.8, 4) is 5.95 Å². The zero-order valence-corrected chi connectivity index (χ0v) is 26.7. The molecule has 1 aromatic heterocycles. The molecule has 0 N–H and O–H groups in total. The van der Waals surface area contributed by atoms with Gasteiger partial charge in [0.05, 0.1) is 25.4 Å². The van der Waals surface area contributed by atoms with Crippen LogP contribution in [0.3, 0.4) is 0 Å². The molecule has 8 heteroatoms. The maximum atomic E-state index is 13.6. The molecule has 0 spiro atoms. The first-order valence-corrected chi connectivity index (χ1v) is 17.5. The van der Waals surface area contributed by atoms with E-state index in [-0.39, 0.29) is 40.1 Å². The van der Waals surface area contributed by atoms with Gasteiger partial charge in [0, 0.05) is 11.8 Å². The molecular weight excluding hydrogens is 512 g/mol. The van der Waals surface area contributed by atoms with Gasteiger partial charge in [-0.15, -0.1) is 0 Å². The smallest absolute Gasteiger partial charge is 0.345 e. The zero-order valence-electron chi connectivity index (χ0n) is 25.7. The average Bonchev–Trinajstić information content (AvgIpc) is 2.82. The summed E-state index contributed by atoms with van der Waals surface area (Å²) in [6, 6.07) is 0. The molecule has 3 rings (SSSR count). The molecule has 39 heavy (non-hydrogen) atoms. The van der Waals surface area contributed by atoms with Gasteiger partial charge in [-0.1, -0.05) is 26.0 Å². The number of Topliss-reactive ketones (excluding diaryl/α,β-unsaturated/α-hetero) is 1. The third-order valence-corrected chi connectivity index (χ3v) is 10.5. The first-order valence-electron chi connectivity index (χ1n) is 14.1. The summed E-state index contributed by atoms with van der Waals surface area (Å²) >= 11 is 0. The second kappa shape index (κ2) is 11.0. The molecule has 0 amide bonds. The molecule has 0 saturated heterocycles. The Hall–Kier alpha value is -2.19. The Morgan fingerprint density at radius 1 is 1.15 bits per heavy atom. The molecule has 7 nitrogen and oxygen atoms in total. The monoisotopic (exact) mass is 560 g/mol. The van der Waals surface area contributed by atoms with Crippen molar-refractivity contribution in [1.82, 2.24) is 0 Å². The van der Waals surface area contributed by atoms with Crippen molar-refractivity contribution in [1.29, 1.82) is 0 Å². The van der Waals surface area contributed by atoms with Gasteiger partial charge < -0.3 is 18.3 Å². The largest absolute Gasteiger partial charge is 0.468 e. The fourth-order valence-electron chi connectivity index (χ4n) is 7.47. The number of carbonyl (C=O) groups is 2. The Bertz CT molecular complexity index is 1190. The van der Waals surface area contributed by atoms with Gasteiger partial charge in [-0.2, -0.15) is 0 Å². The highest BCUT2D eigenvalue weighted by Crippen LogP contribution is 2.62. The van der Waals surface area contributed by atoms with E-state index >= 15 is 0 Å². The first-order chi connectivity index (χ1) is 17.9. The van der Waals surface area contributed by atoms with Crippen LogP contribution >= 0.6 is 0 Å². The summed E-state index contributed by atoms with van der Waals surface area (Å²) < 4.78 is 22.6. The normalized spacial score (nSPS) is 27.7. The molecule has 0 radical (unpaired) electrons. The maximum absolute atomic E-state index is 13.6. The van der Waals surface area contributed by atoms with E-state index in [1.54, 1.807) is 6.92 Å². The quantitative estimate of drug-likeness (QED) is 0.190. The van der Waals surface area contributed by atoms with E-state index in [9.17, 15) is 14.4 Å². The molecule has 2 aliphatic rings. The van der Waals surface area contributed by atoms with Crippen LogP contribution in [0.25, 0.3) is 0 Å². The lowest BCUT2D eigenvalue weighted by atomic mass is 9.45. The molecule has 0 aliphatic heterocycles. The molecule has 2 aliphatic carbocycles. The predicted octanol–water partition coefficient (Wildman–Crippen LogP) is 6.65. The Morgan fingerprint density at radius 3 is 2.36 bits per heavy atom. The molecule has 4 atom stereocenters. The second-order valence-corrected chi connectivity index (χ2v) is 18.1. The molecule has 1 heterocycles. The average molecular weight is 561 g/mol. The zero-order chi connectivity index (χ0) is 29.6. The molecular formula is C31H48O7Si. The standard InChI is InChI=1S/C31H48O7Si/c1-19-12-13-23-30(5,15-14-24(32)31(23,6)17-16-29(3,4)38-39(9,10)11)22(19)18-21-26(33)25(27(34)35-7)20(2)37-28(21)36-8/h22-23H,1,12-18H2,2-11H3/t22-,23-,30-,31+/m1/s1. The summed E-state index contributed by atoms with van der Waals surface area (Å²) in [5, 5.41) is 0. The van der Waals surface area contributed by atoms with E-state index < -0.39 is 25.1 Å². The second-order valence-electron chi connectivity index (χ2n) is 13.7. The minimum Gasteiger partial charge on any atom is -0.468 e. The van der Waals surface area contributed by atoms with Crippen LogP contribution in [-0.2, 0) is 20.4 Å². The highest BCUT2D eigenvalue weighted by Gasteiger charge is 2.58. The van der Waals surface area contributed by atoms with Crippen LogP contribution in [0.4, 0.5) is 0 Å². The van der Waals surface area contributed by atoms with Gasteiger partial charge in [0.1, 0.15) is 17.1 Å². The summed E-state index contributed by atoms with van der Waals surface area (Å²) in [5.74, 6) is -0.0642. The fourth-order valence-corrected chi connectivity index (χ4v) is 9.23. The van der Waals surface area contributed by atoms with Crippen molar-refractivity contribution < 1.29 is 27.9 Å². The van der Waals surface area contributed by atoms with Crippen LogP contribution in [0, 0.1) is 29.6 Å². The van der Waals surface area contributed by atoms with Crippen LogP contribution in [0.2, 0.25) is 19.6 Å². The minimum absolute atomic E-state index is 0.0695. The number of hydrogen-bond donors (Lipinski definition) is 0. The van der Waals surface area contributed by atoms with Crippen molar-refractivity contribution in [3.63, 3.8) is 0 Å². The van der Waals surface area contributed by atoms with Crippen LogP contribution < -0.4 is 10.2 Å². The van der Waals surface area contributed by atoms with E-state index in [0.29, 0.717) is 24.2 Å². The molecule has 0 unspecified atom stereocenters. The maximum Gasteiger partial charge on any atom is 0.345 e. The van der Waals surface area contributed by atoms with Crippen molar-refractivity contribution in [2.45, 2.75) is 105 Å². The van der Waals surface area contributed by atoms with E-state index in [1.807, 2.05) is 0 Å². The number of esters is 1. The molecule has 1 aromatic rings. The number of fused-ring (bicyclic) bond motifs is 1. The summed E-state index contributed by atoms with van der Waals surface area (Å²) in [5.41, 5.74) is -0.210. The van der Waals surface area contributed by atoms with Crippen LogP contribution in [0.1, 0.15) is 87.9 Å². The minimum atomic E-state index is -1.75. The molecule has 0 aromatic carbocycles. The number of hydrogen-bond acceptors (Lipinski definition) is 7. The van der Waals surface area contributed by atoms with E-state index in [1.165, 1.54) is 14.2 Å². The summed E-state index contributed by atoms with van der Waals surface area (Å²) in [4.78, 5) is 39.6. The van der Waals surface area contributed by atoms with Gasteiger partial charge in [0.25, 0.3) is 5.95 Å². The summed E-state index contributed by atoms with van der Waals surface area (Å²) in [6.45, 7) is 21.2. The summed E-state index contributed by atoms with van der Waals surface area (Å²) in [6.07, 6.45) is 4.78. The highest BCUT2D eigenvalue weighted by molar-refractivity contribution is 6.69. The third-order valence-electron chi connectivity index (χ3n) is 9.29. The van der Waals surface area contributed by atoms with Crippen molar-refractivity contribution >= 4 is 20.1 Å². The third kappa shape index (κ3) is 6.12. The number of methoxy groups -OCH3 is 2. The van der Waals surface area contributed by atoms with E-state index in [2.05, 4.69) is 53.9 Å². The van der Waals surface area contributed by atoms with Crippen LogP contribution in [0.15, 0.2) is 21.4 Å². The van der Waals surface area contributed by atoms with Gasteiger partial charge in [0.2, 0.25) is 5.43 Å². The number of ether oxygens (including phenoxy) is 2. The molecule has 0 bridgehead atoms. The van der Waals surface area contributed by atoms with Crippen molar-refractivity contribution in [2.75, 3.05) is 14.2 Å². The number of allylic oxidation sites excluding steroid dienone is 1. The van der Waals surface area contributed by atoms with Gasteiger partial charge >= 0.3 is 5.97 Å². The number of ketones is 1. The Morgan fingerprint density at radius 2 is 1.79 bits per heavy atom. The Balaban J connectivity index is 2.01. The van der Waals surface area contributed by atoms with Crippen LogP contribution in [0.5, 0.6) is 5.95 Å². The van der Waals surface area contributed by atoms with Gasteiger partial charge in [0.15, 0.2) is 8.32 Å². The predicted molar refractivity (Wildman–Crippen MR) is 155 cm³/mol. The lowest BCUT2D eigenvalue weighted by Gasteiger charge is -2.58. The van der Waals surface area contributed by atoms with Crippen LogP contribution in [-0.4, -0.2) is 39.9 Å². The molecule has 2 fully saturated rings. The number of rotatable bonds is 9. The number of aryl methyl sites for hydroxylation is 1. The number of carbonyl (C=O) groups excluding carboxylic acids is 2. The molecule has 218 valence electrons. The molecule has 2 saturated carbocycles. The van der Waals surface area contributed by atoms with Gasteiger partial charge in [-0.3, -0.25) is 9.59 Å². The highest BCUT2D eigenvalue weighted by atomic mass is 28.4. The lowest BCUT2D eigenvalue weighted by molar-refractivity contribution is -0.148. The van der Waals surface area contributed by atoms with Crippen molar-refractivity contribution in [3.05, 3.63) is 39.3 Å². The Kier molecular flexibility index (Phi) is 8.84. The van der Waals surface area contributed by atoms with E-state index in [4.69, 9.17) is 18.3 Å².